The smallest absolute Gasteiger partial charge is 0.266 e. The molecule has 7 nitrogen and oxygen atoms in total. The highest BCUT2D eigenvalue weighted by Gasteiger charge is 2.34. The van der Waals surface area contributed by atoms with E-state index in [2.05, 4.69) is 5.32 Å². The van der Waals surface area contributed by atoms with Crippen LogP contribution in [0.1, 0.15) is 25.3 Å². The van der Waals surface area contributed by atoms with Gasteiger partial charge in [-0.2, -0.15) is 0 Å². The van der Waals surface area contributed by atoms with E-state index in [9.17, 15) is 9.59 Å². The average molecular weight is 533 g/mol. The van der Waals surface area contributed by atoms with Gasteiger partial charge in [0, 0.05) is 17.3 Å². The van der Waals surface area contributed by atoms with Gasteiger partial charge in [-0.05, 0) is 61.7 Å². The molecule has 2 aromatic carbocycles. The van der Waals surface area contributed by atoms with Gasteiger partial charge in [0.05, 0.1) is 24.2 Å². The van der Waals surface area contributed by atoms with Crippen molar-refractivity contribution in [3.63, 3.8) is 0 Å². The molecule has 0 unspecified atom stereocenters. The Labute approximate surface area is 218 Å². The molecule has 2 saturated heterocycles. The molecule has 2 aliphatic heterocycles. The number of nitrogens with one attached hydrogen (secondary N) is 1. The first-order chi connectivity index (χ1) is 16.9. The molecule has 184 valence electrons. The number of thiocarbonyl (C=S) groups is 1. The van der Waals surface area contributed by atoms with Crippen LogP contribution in [0, 0.1) is 0 Å². The van der Waals surface area contributed by atoms with Gasteiger partial charge in [-0.15, -0.1) is 0 Å². The van der Waals surface area contributed by atoms with Crippen LogP contribution in [0.15, 0.2) is 47.4 Å². The number of carbonyl (C=O) groups excluding carboxylic acids is 2. The minimum absolute atomic E-state index is 0.0360. The lowest BCUT2D eigenvalue weighted by Crippen LogP contribution is -2.35. The number of carbonyl (C=O) groups is 2. The summed E-state index contributed by atoms with van der Waals surface area (Å²) in [6.45, 7) is 3.28. The molecule has 0 aliphatic carbocycles. The first-order valence-electron chi connectivity index (χ1n) is 11.2. The van der Waals surface area contributed by atoms with Crippen molar-refractivity contribution < 1.29 is 23.8 Å². The van der Waals surface area contributed by atoms with Gasteiger partial charge in [0.15, 0.2) is 18.1 Å². The Bertz CT molecular complexity index is 1150. The van der Waals surface area contributed by atoms with Crippen LogP contribution in [0.2, 0.25) is 5.02 Å². The summed E-state index contributed by atoms with van der Waals surface area (Å²) >= 11 is 12.7. The number of halogens is 1. The molecule has 2 heterocycles. The summed E-state index contributed by atoms with van der Waals surface area (Å²) in [5.74, 6) is 0.461. The molecular weight excluding hydrogens is 508 g/mol. The standard InChI is InChI=1S/C25H25ClN2O5S2/c1-2-31-21-11-16(12-22-24(30)28(25(34)35-22)14-19-7-4-10-32-19)8-9-20(21)33-15-23(29)27-18-6-3-5-17(26)13-18/h3,5-6,8-9,11-13,19H,2,4,7,10,14-15H2,1H3,(H,27,29)/b22-12-/t19-/m0/s1. The van der Waals surface area contributed by atoms with E-state index >= 15 is 0 Å². The molecule has 0 radical (unpaired) electrons. The summed E-state index contributed by atoms with van der Waals surface area (Å²) < 4.78 is 17.6. The number of ether oxygens (including phenoxy) is 3. The zero-order chi connectivity index (χ0) is 24.8. The van der Waals surface area contributed by atoms with Crippen LogP contribution in [-0.4, -0.2) is 53.5 Å². The van der Waals surface area contributed by atoms with E-state index in [0.29, 0.717) is 44.6 Å². The monoisotopic (exact) mass is 532 g/mol. The number of nitrogens with zero attached hydrogens (tertiary/aromatic N) is 1. The fraction of sp³-hybridized carbons (Fsp3) is 0.320. The highest BCUT2D eigenvalue weighted by Crippen LogP contribution is 2.35. The molecule has 2 amide bonds. The summed E-state index contributed by atoms with van der Waals surface area (Å²) in [4.78, 5) is 27.4. The summed E-state index contributed by atoms with van der Waals surface area (Å²) in [6, 6.07) is 12.2. The summed E-state index contributed by atoms with van der Waals surface area (Å²) in [6.07, 6.45) is 3.76. The number of thioether (sulfide) groups is 1. The van der Waals surface area contributed by atoms with Crippen molar-refractivity contribution in [3.05, 3.63) is 58.0 Å². The maximum atomic E-state index is 12.9. The second kappa shape index (κ2) is 11.9. The molecule has 0 saturated carbocycles. The van der Waals surface area contributed by atoms with Crippen molar-refractivity contribution in [2.24, 2.45) is 0 Å². The van der Waals surface area contributed by atoms with Crippen molar-refractivity contribution in [3.8, 4) is 11.5 Å². The zero-order valence-electron chi connectivity index (χ0n) is 19.1. The highest BCUT2D eigenvalue weighted by molar-refractivity contribution is 8.26. The van der Waals surface area contributed by atoms with Crippen molar-refractivity contribution >= 4 is 63.5 Å². The molecule has 1 atom stereocenters. The van der Waals surface area contributed by atoms with E-state index in [0.717, 1.165) is 25.0 Å². The van der Waals surface area contributed by atoms with Crippen LogP contribution in [-0.2, 0) is 14.3 Å². The Morgan fingerprint density at radius 3 is 2.89 bits per heavy atom. The number of hydrogen-bond donors (Lipinski definition) is 1. The van der Waals surface area contributed by atoms with Crippen LogP contribution >= 0.6 is 35.6 Å². The largest absolute Gasteiger partial charge is 0.490 e. The van der Waals surface area contributed by atoms with Crippen molar-refractivity contribution in [1.82, 2.24) is 4.90 Å². The second-order valence-electron chi connectivity index (χ2n) is 7.91. The summed E-state index contributed by atoms with van der Waals surface area (Å²) in [5.41, 5.74) is 1.35. The van der Waals surface area contributed by atoms with Crippen molar-refractivity contribution in [2.75, 3.05) is 31.7 Å². The van der Waals surface area contributed by atoms with Crippen LogP contribution in [0.4, 0.5) is 5.69 Å². The van der Waals surface area contributed by atoms with E-state index in [1.54, 1.807) is 53.4 Å². The molecule has 0 aromatic heterocycles. The maximum Gasteiger partial charge on any atom is 0.266 e. The predicted molar refractivity (Wildman–Crippen MR) is 142 cm³/mol. The predicted octanol–water partition coefficient (Wildman–Crippen LogP) is 5.14. The third-order valence-electron chi connectivity index (χ3n) is 5.32. The van der Waals surface area contributed by atoms with E-state index in [-0.39, 0.29) is 24.5 Å². The Kier molecular flexibility index (Phi) is 8.67. The molecule has 4 rings (SSSR count). The molecule has 2 fully saturated rings. The first-order valence-corrected chi connectivity index (χ1v) is 12.8. The van der Waals surface area contributed by atoms with Crippen molar-refractivity contribution in [1.29, 1.82) is 0 Å². The lowest BCUT2D eigenvalue weighted by molar-refractivity contribution is -0.123. The quantitative estimate of drug-likeness (QED) is 0.354. The van der Waals surface area contributed by atoms with E-state index in [1.165, 1.54) is 11.8 Å². The van der Waals surface area contributed by atoms with Gasteiger partial charge in [0.2, 0.25) is 0 Å². The molecule has 1 N–H and O–H groups in total. The minimum Gasteiger partial charge on any atom is -0.490 e. The third-order valence-corrected chi connectivity index (χ3v) is 6.93. The van der Waals surface area contributed by atoms with E-state index < -0.39 is 0 Å². The first kappa shape index (κ1) is 25.5. The van der Waals surface area contributed by atoms with Crippen LogP contribution in [0.3, 0.4) is 0 Å². The van der Waals surface area contributed by atoms with Gasteiger partial charge in [-0.3, -0.25) is 14.5 Å². The normalized spacial score (nSPS) is 18.9. The lowest BCUT2D eigenvalue weighted by atomic mass is 10.1. The molecular formula is C25H25ClN2O5S2. The second-order valence-corrected chi connectivity index (χ2v) is 10.0. The molecule has 0 spiro atoms. The van der Waals surface area contributed by atoms with Crippen LogP contribution < -0.4 is 14.8 Å². The van der Waals surface area contributed by atoms with Gasteiger partial charge in [-0.25, -0.2) is 0 Å². The molecule has 0 bridgehead atoms. The fourth-order valence-corrected chi connectivity index (χ4v) is 5.17. The fourth-order valence-electron chi connectivity index (χ4n) is 3.71. The van der Waals surface area contributed by atoms with Gasteiger partial charge in [0.25, 0.3) is 11.8 Å². The average Bonchev–Trinajstić information content (AvgIpc) is 3.43. The maximum absolute atomic E-state index is 12.9. The molecule has 10 heteroatoms. The van der Waals surface area contributed by atoms with Gasteiger partial charge < -0.3 is 19.5 Å². The van der Waals surface area contributed by atoms with Gasteiger partial charge >= 0.3 is 0 Å². The van der Waals surface area contributed by atoms with Crippen LogP contribution in [0.25, 0.3) is 6.08 Å². The molecule has 2 aliphatic rings. The lowest BCUT2D eigenvalue weighted by Gasteiger charge is -2.18. The van der Waals surface area contributed by atoms with E-state index in [1.807, 2.05) is 6.92 Å². The van der Waals surface area contributed by atoms with Gasteiger partial charge in [0.1, 0.15) is 4.32 Å². The third kappa shape index (κ3) is 6.76. The number of amides is 2. The molecule has 2 aromatic rings. The Hall–Kier alpha value is -2.59. The Morgan fingerprint density at radius 1 is 1.29 bits per heavy atom. The van der Waals surface area contributed by atoms with Gasteiger partial charge in [-0.1, -0.05) is 47.7 Å². The number of hydrogen-bond acceptors (Lipinski definition) is 7. The minimum atomic E-state index is -0.325. The SMILES string of the molecule is CCOc1cc(/C=C2\SC(=S)N(C[C@@H]3CCCO3)C2=O)ccc1OCC(=O)Nc1cccc(Cl)c1. The molecule has 35 heavy (non-hydrogen) atoms. The number of rotatable bonds is 9. The topological polar surface area (TPSA) is 77.1 Å². The Balaban J connectivity index is 1.42. The zero-order valence-corrected chi connectivity index (χ0v) is 21.5. The van der Waals surface area contributed by atoms with E-state index in [4.69, 9.17) is 38.0 Å². The summed E-state index contributed by atoms with van der Waals surface area (Å²) in [7, 11) is 0. The van der Waals surface area contributed by atoms with Crippen molar-refractivity contribution in [2.45, 2.75) is 25.9 Å². The number of anilines is 1. The Morgan fingerprint density at radius 2 is 2.14 bits per heavy atom. The van der Waals surface area contributed by atoms with Crippen LogP contribution in [0.5, 0.6) is 11.5 Å². The highest BCUT2D eigenvalue weighted by atomic mass is 35.5. The summed E-state index contributed by atoms with van der Waals surface area (Å²) in [5, 5.41) is 3.27. The number of benzene rings is 2.